The third-order valence-corrected chi connectivity index (χ3v) is 3.22. The molecule has 1 aromatic carbocycles. The van der Waals surface area contributed by atoms with Gasteiger partial charge in [0.2, 0.25) is 0 Å². The first-order valence-corrected chi connectivity index (χ1v) is 5.86. The van der Waals surface area contributed by atoms with E-state index in [1.165, 1.54) is 7.11 Å². The third kappa shape index (κ3) is 3.32. The Morgan fingerprint density at radius 1 is 1.50 bits per heavy atom. The Labute approximate surface area is 105 Å². The first kappa shape index (κ1) is 13.2. The maximum Gasteiger partial charge on any atom is 0.251 e. The number of rotatable bonds is 4. The number of ether oxygens (including phenoxy) is 1. The van der Waals surface area contributed by atoms with Crippen LogP contribution in [-0.4, -0.2) is 31.1 Å². The lowest BCUT2D eigenvalue weighted by Crippen LogP contribution is -2.35. The number of hydrogen-bond donors (Lipinski definition) is 0. The molecule has 0 spiro atoms. The fourth-order valence-electron chi connectivity index (χ4n) is 1.37. The summed E-state index contributed by atoms with van der Waals surface area (Å²) in [4.78, 5) is 13.4. The molecule has 0 bridgehead atoms. The summed E-state index contributed by atoms with van der Waals surface area (Å²) in [5.74, 6) is -0.0155. The van der Waals surface area contributed by atoms with Gasteiger partial charge in [0.05, 0.1) is 0 Å². The topological polar surface area (TPSA) is 29.5 Å². The third-order valence-electron chi connectivity index (χ3n) is 2.44. The molecule has 88 valence electrons. The summed E-state index contributed by atoms with van der Waals surface area (Å²) >= 11 is 3.46. The molecule has 0 heterocycles. The standard InChI is InChI=1S/C12H16BrNO2/c1-9(16-3)12(15)14(2)8-10-6-4-5-7-11(10)13/h4-7,9H,8H2,1-3H3. The van der Waals surface area contributed by atoms with Crippen molar-refractivity contribution in [3.63, 3.8) is 0 Å². The van der Waals surface area contributed by atoms with Gasteiger partial charge in [-0.25, -0.2) is 0 Å². The molecule has 0 radical (unpaired) electrons. The normalized spacial score (nSPS) is 12.2. The molecule has 1 amide bonds. The highest BCUT2D eigenvalue weighted by Gasteiger charge is 2.17. The van der Waals surface area contributed by atoms with E-state index in [-0.39, 0.29) is 5.91 Å². The van der Waals surface area contributed by atoms with E-state index in [2.05, 4.69) is 15.9 Å². The number of hydrogen-bond acceptors (Lipinski definition) is 2. The lowest BCUT2D eigenvalue weighted by molar-refractivity contribution is -0.140. The molecule has 0 saturated heterocycles. The second kappa shape index (κ2) is 6.01. The summed E-state index contributed by atoms with van der Waals surface area (Å²) in [6.45, 7) is 2.33. The van der Waals surface area contributed by atoms with Gasteiger partial charge in [0.25, 0.3) is 5.91 Å². The van der Waals surface area contributed by atoms with Gasteiger partial charge in [-0.05, 0) is 18.6 Å². The zero-order valence-electron chi connectivity index (χ0n) is 9.74. The van der Waals surface area contributed by atoms with E-state index in [0.717, 1.165) is 10.0 Å². The second-order valence-corrected chi connectivity index (χ2v) is 4.52. The number of benzene rings is 1. The van der Waals surface area contributed by atoms with Gasteiger partial charge in [-0.3, -0.25) is 4.79 Å². The molecule has 0 aromatic heterocycles. The predicted molar refractivity (Wildman–Crippen MR) is 67.1 cm³/mol. The molecule has 0 aliphatic carbocycles. The van der Waals surface area contributed by atoms with Crippen LogP contribution in [0.15, 0.2) is 28.7 Å². The largest absolute Gasteiger partial charge is 0.372 e. The smallest absolute Gasteiger partial charge is 0.251 e. The molecule has 0 saturated carbocycles. The van der Waals surface area contributed by atoms with Gasteiger partial charge in [0, 0.05) is 25.2 Å². The summed E-state index contributed by atoms with van der Waals surface area (Å²) in [6.07, 6.45) is -0.396. The Kier molecular flexibility index (Phi) is 4.96. The fraction of sp³-hybridized carbons (Fsp3) is 0.417. The van der Waals surface area contributed by atoms with Crippen LogP contribution in [-0.2, 0) is 16.1 Å². The molecule has 1 rings (SSSR count). The number of amides is 1. The maximum atomic E-state index is 11.8. The Hall–Kier alpha value is -0.870. The van der Waals surface area contributed by atoms with Crippen molar-refractivity contribution >= 4 is 21.8 Å². The van der Waals surface area contributed by atoms with Crippen molar-refractivity contribution in [2.24, 2.45) is 0 Å². The van der Waals surface area contributed by atoms with Crippen molar-refractivity contribution in [3.05, 3.63) is 34.3 Å². The number of carbonyl (C=O) groups excluding carboxylic acids is 1. The van der Waals surface area contributed by atoms with E-state index >= 15 is 0 Å². The monoisotopic (exact) mass is 285 g/mol. The van der Waals surface area contributed by atoms with Crippen LogP contribution in [0.3, 0.4) is 0 Å². The highest BCUT2D eigenvalue weighted by atomic mass is 79.9. The van der Waals surface area contributed by atoms with Crippen LogP contribution >= 0.6 is 15.9 Å². The molecule has 1 unspecified atom stereocenters. The zero-order chi connectivity index (χ0) is 12.1. The zero-order valence-corrected chi connectivity index (χ0v) is 11.3. The quantitative estimate of drug-likeness (QED) is 0.851. The van der Waals surface area contributed by atoms with Crippen LogP contribution in [0, 0.1) is 0 Å². The minimum Gasteiger partial charge on any atom is -0.372 e. The molecule has 3 nitrogen and oxygen atoms in total. The van der Waals surface area contributed by atoms with Gasteiger partial charge in [-0.15, -0.1) is 0 Å². The van der Waals surface area contributed by atoms with E-state index in [0.29, 0.717) is 6.54 Å². The SMILES string of the molecule is COC(C)C(=O)N(C)Cc1ccccc1Br. The minimum atomic E-state index is -0.396. The maximum absolute atomic E-state index is 11.8. The first-order valence-electron chi connectivity index (χ1n) is 5.07. The van der Waals surface area contributed by atoms with Crippen LogP contribution in [0.2, 0.25) is 0 Å². The molecule has 4 heteroatoms. The van der Waals surface area contributed by atoms with Crippen LogP contribution in [0.25, 0.3) is 0 Å². The van der Waals surface area contributed by atoms with Gasteiger partial charge in [-0.2, -0.15) is 0 Å². The Morgan fingerprint density at radius 3 is 2.69 bits per heavy atom. The molecular weight excluding hydrogens is 270 g/mol. The predicted octanol–water partition coefficient (Wildman–Crippen LogP) is 2.44. The Morgan fingerprint density at radius 2 is 2.12 bits per heavy atom. The summed E-state index contributed by atoms with van der Waals surface area (Å²) in [5, 5.41) is 0. The van der Waals surface area contributed by atoms with Crippen molar-refractivity contribution < 1.29 is 9.53 Å². The molecule has 0 aliphatic rings. The van der Waals surface area contributed by atoms with Gasteiger partial charge in [0.1, 0.15) is 6.10 Å². The highest BCUT2D eigenvalue weighted by Crippen LogP contribution is 2.17. The number of likely N-dealkylation sites (N-methyl/N-ethyl adjacent to an activating group) is 1. The van der Waals surface area contributed by atoms with Crippen molar-refractivity contribution in [1.29, 1.82) is 0 Å². The summed E-state index contributed by atoms with van der Waals surface area (Å²) in [6, 6.07) is 7.87. The molecule has 16 heavy (non-hydrogen) atoms. The summed E-state index contributed by atoms with van der Waals surface area (Å²) in [7, 11) is 3.31. The molecule has 0 fully saturated rings. The van der Waals surface area contributed by atoms with Crippen LogP contribution in [0.4, 0.5) is 0 Å². The average Bonchev–Trinajstić information content (AvgIpc) is 2.30. The highest BCUT2D eigenvalue weighted by molar-refractivity contribution is 9.10. The van der Waals surface area contributed by atoms with E-state index < -0.39 is 6.10 Å². The van der Waals surface area contributed by atoms with Crippen LogP contribution < -0.4 is 0 Å². The molecular formula is C12H16BrNO2. The number of halogens is 1. The van der Waals surface area contributed by atoms with E-state index in [1.54, 1.807) is 18.9 Å². The lowest BCUT2D eigenvalue weighted by Gasteiger charge is -2.21. The van der Waals surface area contributed by atoms with E-state index in [9.17, 15) is 4.79 Å². The van der Waals surface area contributed by atoms with Crippen molar-refractivity contribution in [2.45, 2.75) is 19.6 Å². The second-order valence-electron chi connectivity index (χ2n) is 3.66. The lowest BCUT2D eigenvalue weighted by atomic mass is 10.2. The number of methoxy groups -OCH3 is 1. The number of nitrogens with zero attached hydrogens (tertiary/aromatic N) is 1. The fourth-order valence-corrected chi connectivity index (χ4v) is 1.78. The van der Waals surface area contributed by atoms with Gasteiger partial charge in [-0.1, -0.05) is 34.1 Å². The van der Waals surface area contributed by atoms with Crippen molar-refractivity contribution in [3.8, 4) is 0 Å². The Balaban J connectivity index is 2.68. The average molecular weight is 286 g/mol. The van der Waals surface area contributed by atoms with E-state index in [4.69, 9.17) is 4.74 Å². The van der Waals surface area contributed by atoms with Gasteiger partial charge < -0.3 is 9.64 Å². The van der Waals surface area contributed by atoms with Crippen LogP contribution in [0.5, 0.6) is 0 Å². The van der Waals surface area contributed by atoms with Crippen molar-refractivity contribution in [2.75, 3.05) is 14.2 Å². The van der Waals surface area contributed by atoms with E-state index in [1.807, 2.05) is 24.3 Å². The van der Waals surface area contributed by atoms with Crippen molar-refractivity contribution in [1.82, 2.24) is 4.90 Å². The molecule has 0 aliphatic heterocycles. The molecule has 0 N–H and O–H groups in total. The summed E-state index contributed by atoms with van der Waals surface area (Å²) in [5.41, 5.74) is 1.08. The van der Waals surface area contributed by atoms with Gasteiger partial charge in [0.15, 0.2) is 0 Å². The molecule has 1 atom stereocenters. The Bertz CT molecular complexity index is 368. The number of carbonyl (C=O) groups is 1. The molecule has 1 aromatic rings. The van der Waals surface area contributed by atoms with Gasteiger partial charge >= 0.3 is 0 Å². The first-order chi connectivity index (χ1) is 7.56. The minimum absolute atomic E-state index is 0.0155. The summed E-state index contributed by atoms with van der Waals surface area (Å²) < 4.78 is 6.01. The van der Waals surface area contributed by atoms with Crippen LogP contribution in [0.1, 0.15) is 12.5 Å².